The molecule has 0 aliphatic carbocycles. The SMILES string of the molecule is Cc1cc(C)c(C(=O)P(=O)(c2ccccc2)c2ccccc2)c(C)c1.[NaH]. The monoisotopic (exact) mass is 372 g/mol. The zero-order valence-electron chi connectivity index (χ0n) is 14.7. The normalized spacial score (nSPS) is 10.9. The first-order valence-electron chi connectivity index (χ1n) is 8.28. The Balaban J connectivity index is 0.00000243. The summed E-state index contributed by atoms with van der Waals surface area (Å²) in [7, 11) is -3.44. The molecule has 0 aromatic heterocycles. The molecule has 0 aliphatic heterocycles. The van der Waals surface area contributed by atoms with Crippen LogP contribution in [0.1, 0.15) is 27.0 Å². The van der Waals surface area contributed by atoms with Gasteiger partial charge in [-0.15, -0.1) is 0 Å². The van der Waals surface area contributed by atoms with Gasteiger partial charge in [-0.05, 0) is 31.9 Å². The van der Waals surface area contributed by atoms with E-state index in [1.54, 1.807) is 24.3 Å². The summed E-state index contributed by atoms with van der Waals surface area (Å²) in [5.74, 6) is 0. The van der Waals surface area contributed by atoms with Gasteiger partial charge in [0.25, 0.3) is 0 Å². The molecule has 3 aromatic rings. The van der Waals surface area contributed by atoms with Gasteiger partial charge in [-0.3, -0.25) is 4.79 Å². The van der Waals surface area contributed by atoms with Crippen LogP contribution in [0.2, 0.25) is 0 Å². The summed E-state index contributed by atoms with van der Waals surface area (Å²) in [6.45, 7) is 5.82. The molecule has 0 heterocycles. The van der Waals surface area contributed by atoms with Crippen molar-refractivity contribution < 1.29 is 9.36 Å². The molecule has 0 aliphatic rings. The maximum atomic E-state index is 14.2. The molecule has 0 N–H and O–H groups in total. The third kappa shape index (κ3) is 3.80. The topological polar surface area (TPSA) is 34.1 Å². The van der Waals surface area contributed by atoms with E-state index in [0.717, 1.165) is 16.7 Å². The van der Waals surface area contributed by atoms with Crippen molar-refractivity contribution in [2.24, 2.45) is 0 Å². The van der Waals surface area contributed by atoms with Crippen molar-refractivity contribution >= 4 is 52.8 Å². The summed E-state index contributed by atoms with van der Waals surface area (Å²) >= 11 is 0. The van der Waals surface area contributed by atoms with Gasteiger partial charge in [-0.25, -0.2) is 0 Å². The molecule has 0 saturated heterocycles. The van der Waals surface area contributed by atoms with Crippen molar-refractivity contribution in [2.75, 3.05) is 0 Å². The molecule has 0 spiro atoms. The molecule has 0 fully saturated rings. The van der Waals surface area contributed by atoms with Crippen LogP contribution in [0.4, 0.5) is 0 Å². The van der Waals surface area contributed by atoms with Crippen molar-refractivity contribution in [1.82, 2.24) is 0 Å². The zero-order valence-corrected chi connectivity index (χ0v) is 15.6. The van der Waals surface area contributed by atoms with Crippen molar-refractivity contribution in [1.29, 1.82) is 0 Å². The van der Waals surface area contributed by atoms with Crippen LogP contribution < -0.4 is 10.6 Å². The molecule has 0 bridgehead atoms. The third-order valence-electron chi connectivity index (χ3n) is 4.42. The number of carbonyl (C=O) groups excluding carboxylic acids is 1. The Morgan fingerprint density at radius 3 is 1.50 bits per heavy atom. The second-order valence-corrected chi connectivity index (χ2v) is 9.02. The zero-order chi connectivity index (χ0) is 18.0. The molecule has 3 rings (SSSR count). The first-order valence-corrected chi connectivity index (χ1v) is 9.99. The van der Waals surface area contributed by atoms with Gasteiger partial charge < -0.3 is 4.57 Å². The summed E-state index contributed by atoms with van der Waals surface area (Å²) in [6.07, 6.45) is 0. The van der Waals surface area contributed by atoms with Gasteiger partial charge in [0.1, 0.15) is 0 Å². The third-order valence-corrected chi connectivity index (χ3v) is 7.26. The van der Waals surface area contributed by atoms with Crippen LogP contribution in [0.3, 0.4) is 0 Å². The van der Waals surface area contributed by atoms with Gasteiger partial charge in [0.2, 0.25) is 12.7 Å². The molecule has 0 unspecified atom stereocenters. The minimum absolute atomic E-state index is 0. The number of benzene rings is 3. The predicted molar refractivity (Wildman–Crippen MR) is 112 cm³/mol. The van der Waals surface area contributed by atoms with Crippen LogP contribution >= 0.6 is 7.14 Å². The Kier molecular flexibility index (Phi) is 6.82. The van der Waals surface area contributed by atoms with Gasteiger partial charge in [0, 0.05) is 16.2 Å². The molecular formula is C22H22NaO2P. The van der Waals surface area contributed by atoms with E-state index in [4.69, 9.17) is 0 Å². The predicted octanol–water partition coefficient (Wildman–Crippen LogP) is 4.12. The van der Waals surface area contributed by atoms with E-state index in [9.17, 15) is 9.36 Å². The molecule has 26 heavy (non-hydrogen) atoms. The number of hydrogen-bond acceptors (Lipinski definition) is 2. The fraction of sp³-hybridized carbons (Fsp3) is 0.136. The van der Waals surface area contributed by atoms with Crippen LogP contribution in [0.15, 0.2) is 72.8 Å². The van der Waals surface area contributed by atoms with Crippen LogP contribution in [-0.2, 0) is 4.57 Å². The van der Waals surface area contributed by atoms with E-state index >= 15 is 0 Å². The molecule has 0 amide bonds. The van der Waals surface area contributed by atoms with E-state index in [2.05, 4.69) is 0 Å². The van der Waals surface area contributed by atoms with Crippen molar-refractivity contribution in [3.8, 4) is 0 Å². The first kappa shape index (κ1) is 20.9. The Hall–Kier alpha value is -1.44. The molecule has 4 heteroatoms. The standard InChI is InChI=1S/C22H21O2P.Na.H/c1-16-14-17(2)21(18(3)15-16)22(23)25(24,19-10-6-4-7-11-19)20-12-8-5-9-13-20;;/h4-15H,1-3H3;;. The molecule has 128 valence electrons. The maximum absolute atomic E-state index is 14.2. The van der Waals surface area contributed by atoms with Crippen molar-refractivity contribution in [2.45, 2.75) is 20.8 Å². The molecular weight excluding hydrogens is 350 g/mol. The number of hydrogen-bond donors (Lipinski definition) is 0. The minimum atomic E-state index is -3.44. The van der Waals surface area contributed by atoms with E-state index in [1.165, 1.54) is 0 Å². The van der Waals surface area contributed by atoms with E-state index in [0.29, 0.717) is 16.2 Å². The van der Waals surface area contributed by atoms with E-state index in [1.807, 2.05) is 69.3 Å². The van der Waals surface area contributed by atoms with Crippen molar-refractivity contribution in [3.05, 3.63) is 95.1 Å². The van der Waals surface area contributed by atoms with Gasteiger partial charge in [0.15, 0.2) is 0 Å². The van der Waals surface area contributed by atoms with E-state index in [-0.39, 0.29) is 35.1 Å². The quantitative estimate of drug-likeness (QED) is 0.510. The fourth-order valence-corrected chi connectivity index (χ4v) is 5.95. The van der Waals surface area contributed by atoms with Gasteiger partial charge in [0.05, 0.1) is 0 Å². The van der Waals surface area contributed by atoms with Gasteiger partial charge >= 0.3 is 29.6 Å². The average Bonchev–Trinajstić information content (AvgIpc) is 2.61. The summed E-state index contributed by atoms with van der Waals surface area (Å²) in [5, 5.41) is 1.15. The number of rotatable bonds is 4. The second kappa shape index (κ2) is 8.50. The van der Waals surface area contributed by atoms with Crippen LogP contribution in [0.25, 0.3) is 0 Å². The second-order valence-electron chi connectivity index (χ2n) is 6.36. The van der Waals surface area contributed by atoms with Crippen LogP contribution in [0, 0.1) is 20.8 Å². The fourth-order valence-electron chi connectivity index (χ4n) is 3.33. The van der Waals surface area contributed by atoms with Crippen LogP contribution in [0.5, 0.6) is 0 Å². The van der Waals surface area contributed by atoms with Gasteiger partial charge in [-0.2, -0.15) is 0 Å². The van der Waals surface area contributed by atoms with Gasteiger partial charge in [-0.1, -0.05) is 78.4 Å². The molecule has 0 saturated carbocycles. The molecule has 0 atom stereocenters. The number of carbonyl (C=O) groups is 1. The summed E-state index contributed by atoms with van der Waals surface area (Å²) < 4.78 is 14.2. The molecule has 3 aromatic carbocycles. The van der Waals surface area contributed by atoms with Crippen LogP contribution in [-0.4, -0.2) is 35.1 Å². The average molecular weight is 372 g/mol. The Bertz CT molecular complexity index is 899. The summed E-state index contributed by atoms with van der Waals surface area (Å²) in [5.41, 5.74) is 3.12. The Labute approximate surface area is 177 Å². The van der Waals surface area contributed by atoms with E-state index < -0.39 is 7.14 Å². The molecule has 0 radical (unpaired) electrons. The molecule has 2 nitrogen and oxygen atoms in total. The summed E-state index contributed by atoms with van der Waals surface area (Å²) in [6, 6.07) is 22.1. The van der Waals surface area contributed by atoms with Crippen molar-refractivity contribution in [3.63, 3.8) is 0 Å². The Morgan fingerprint density at radius 2 is 1.12 bits per heavy atom. The number of aryl methyl sites for hydroxylation is 3. The summed E-state index contributed by atoms with van der Waals surface area (Å²) in [4.78, 5) is 13.6. The first-order chi connectivity index (χ1) is 11.9. The Morgan fingerprint density at radius 1 is 0.731 bits per heavy atom.